The molecular weight excluding hydrogens is 258 g/mol. The van der Waals surface area contributed by atoms with Crippen molar-refractivity contribution in [2.75, 3.05) is 0 Å². The van der Waals surface area contributed by atoms with Gasteiger partial charge in [-0.1, -0.05) is 6.07 Å². The molecule has 2 rings (SSSR count). The van der Waals surface area contributed by atoms with Crippen LogP contribution >= 0.6 is 0 Å². The molecule has 1 aromatic carbocycles. The largest absolute Gasteiger partial charge is 0.501 e. The second-order valence-electron chi connectivity index (χ2n) is 6.41. The Balaban J connectivity index is 2.39. The monoisotopic (exact) mass is 280 g/mol. The molecule has 0 N–H and O–H groups in total. The van der Waals surface area contributed by atoms with Crippen molar-refractivity contribution in [3.05, 3.63) is 24.0 Å². The molecule has 1 fully saturated rings. The Morgan fingerprint density at radius 1 is 1.10 bits per heavy atom. The Hall–Kier alpha value is -1.07. The van der Waals surface area contributed by atoms with Gasteiger partial charge in [0.2, 0.25) is 0 Å². The van der Waals surface area contributed by atoms with Gasteiger partial charge in [-0.05, 0) is 53.7 Å². The molecular formula is C15H22BFO3. The van der Waals surface area contributed by atoms with E-state index in [0.717, 1.165) is 0 Å². The molecule has 1 aromatic rings. The van der Waals surface area contributed by atoms with Gasteiger partial charge >= 0.3 is 7.12 Å². The summed E-state index contributed by atoms with van der Waals surface area (Å²) in [4.78, 5) is 0. The molecule has 0 amide bonds. The molecule has 0 spiro atoms. The highest BCUT2D eigenvalue weighted by Crippen LogP contribution is 2.37. The first-order chi connectivity index (χ1) is 9.14. The molecule has 1 aliphatic heterocycles. The maximum atomic E-state index is 14.2. The lowest BCUT2D eigenvalue weighted by molar-refractivity contribution is 0.00578. The van der Waals surface area contributed by atoms with Crippen LogP contribution in [0.2, 0.25) is 0 Å². The van der Waals surface area contributed by atoms with E-state index in [1.54, 1.807) is 12.1 Å². The zero-order chi connectivity index (χ0) is 15.1. The Morgan fingerprint density at radius 2 is 1.65 bits per heavy atom. The van der Waals surface area contributed by atoms with Gasteiger partial charge in [-0.3, -0.25) is 0 Å². The average molecular weight is 280 g/mol. The lowest BCUT2D eigenvalue weighted by atomic mass is 9.78. The molecule has 3 nitrogen and oxygen atoms in total. The number of hydrogen-bond acceptors (Lipinski definition) is 3. The summed E-state index contributed by atoms with van der Waals surface area (Å²) in [5, 5.41) is 0. The Morgan fingerprint density at radius 3 is 2.15 bits per heavy atom. The van der Waals surface area contributed by atoms with Crippen LogP contribution < -0.4 is 10.2 Å². The standard InChI is InChI=1S/C15H22BFO3/c1-10(2)18-12-9-7-8-11(17)13(12)16-19-14(3,4)15(5,6)20-16/h7-10H,1-6H3. The van der Waals surface area contributed by atoms with Crippen LogP contribution in [0.5, 0.6) is 5.75 Å². The SMILES string of the molecule is CC(C)Oc1cccc(F)c1B1OC(C)(C)C(C)(C)O1. The highest BCUT2D eigenvalue weighted by Gasteiger charge is 2.53. The molecule has 5 heteroatoms. The average Bonchev–Trinajstić information content (AvgIpc) is 2.46. The molecule has 0 radical (unpaired) electrons. The number of halogens is 1. The van der Waals surface area contributed by atoms with E-state index in [2.05, 4.69) is 0 Å². The summed E-state index contributed by atoms with van der Waals surface area (Å²) in [7, 11) is -0.755. The van der Waals surface area contributed by atoms with Crippen molar-refractivity contribution in [2.45, 2.75) is 58.8 Å². The molecule has 110 valence electrons. The van der Waals surface area contributed by atoms with Gasteiger partial charge in [-0.25, -0.2) is 4.39 Å². The number of ether oxygens (including phenoxy) is 1. The van der Waals surface area contributed by atoms with Gasteiger partial charge in [0.05, 0.1) is 22.8 Å². The van der Waals surface area contributed by atoms with E-state index < -0.39 is 18.3 Å². The van der Waals surface area contributed by atoms with E-state index >= 15 is 0 Å². The van der Waals surface area contributed by atoms with Gasteiger partial charge in [-0.2, -0.15) is 0 Å². The van der Waals surface area contributed by atoms with Crippen LogP contribution in [0.1, 0.15) is 41.5 Å². The fourth-order valence-electron chi connectivity index (χ4n) is 2.06. The summed E-state index contributed by atoms with van der Waals surface area (Å²) in [6.07, 6.45) is -0.0435. The van der Waals surface area contributed by atoms with Crippen molar-refractivity contribution in [3.63, 3.8) is 0 Å². The molecule has 1 saturated heterocycles. The first-order valence-electron chi connectivity index (χ1n) is 6.95. The van der Waals surface area contributed by atoms with Crippen molar-refractivity contribution >= 4 is 12.6 Å². The summed E-state index contributed by atoms with van der Waals surface area (Å²) < 4.78 is 31.7. The molecule has 20 heavy (non-hydrogen) atoms. The van der Waals surface area contributed by atoms with Crippen LogP contribution in [0.15, 0.2) is 18.2 Å². The van der Waals surface area contributed by atoms with Crippen molar-refractivity contribution < 1.29 is 18.4 Å². The fourth-order valence-corrected chi connectivity index (χ4v) is 2.06. The van der Waals surface area contributed by atoms with Crippen molar-refractivity contribution in [1.29, 1.82) is 0 Å². The van der Waals surface area contributed by atoms with Crippen LogP contribution in [-0.2, 0) is 9.31 Å². The van der Waals surface area contributed by atoms with Crippen molar-refractivity contribution in [3.8, 4) is 5.75 Å². The molecule has 0 atom stereocenters. The molecule has 0 saturated carbocycles. The van der Waals surface area contributed by atoms with Crippen LogP contribution in [0.4, 0.5) is 4.39 Å². The van der Waals surface area contributed by atoms with E-state index in [9.17, 15) is 4.39 Å². The zero-order valence-electron chi connectivity index (χ0n) is 13.0. The Labute approximate surface area is 120 Å². The Bertz CT molecular complexity index is 484. The van der Waals surface area contributed by atoms with E-state index in [0.29, 0.717) is 11.2 Å². The second-order valence-corrected chi connectivity index (χ2v) is 6.41. The molecule has 1 heterocycles. The van der Waals surface area contributed by atoms with Gasteiger partial charge in [0.1, 0.15) is 11.6 Å². The smallest absolute Gasteiger partial charge is 0.491 e. The summed E-state index contributed by atoms with van der Waals surface area (Å²) in [5.74, 6) is 0.0974. The third-order valence-electron chi connectivity index (χ3n) is 3.86. The zero-order valence-corrected chi connectivity index (χ0v) is 13.0. The normalized spacial score (nSPS) is 20.5. The van der Waals surface area contributed by atoms with Gasteiger partial charge in [-0.15, -0.1) is 0 Å². The lowest BCUT2D eigenvalue weighted by Crippen LogP contribution is -2.41. The van der Waals surface area contributed by atoms with Crippen LogP contribution in [0, 0.1) is 5.82 Å². The third-order valence-corrected chi connectivity index (χ3v) is 3.86. The van der Waals surface area contributed by atoms with Crippen LogP contribution in [-0.4, -0.2) is 24.4 Å². The fraction of sp³-hybridized carbons (Fsp3) is 0.600. The minimum absolute atomic E-state index is 0.0435. The minimum Gasteiger partial charge on any atom is -0.491 e. The lowest BCUT2D eigenvalue weighted by Gasteiger charge is -2.32. The van der Waals surface area contributed by atoms with Gasteiger partial charge in [0.15, 0.2) is 0 Å². The summed E-state index contributed by atoms with van der Waals surface area (Å²) >= 11 is 0. The molecule has 0 aliphatic carbocycles. The van der Waals surface area contributed by atoms with Crippen LogP contribution in [0.3, 0.4) is 0 Å². The molecule has 0 bridgehead atoms. The second kappa shape index (κ2) is 5.04. The molecule has 0 unspecified atom stereocenters. The number of rotatable bonds is 3. The maximum Gasteiger partial charge on any atom is 0.501 e. The van der Waals surface area contributed by atoms with E-state index in [-0.39, 0.29) is 11.9 Å². The minimum atomic E-state index is -0.755. The van der Waals surface area contributed by atoms with Crippen LogP contribution in [0.25, 0.3) is 0 Å². The summed E-state index contributed by atoms with van der Waals surface area (Å²) in [6.45, 7) is 11.6. The highest BCUT2D eigenvalue weighted by molar-refractivity contribution is 6.63. The third kappa shape index (κ3) is 2.70. The van der Waals surface area contributed by atoms with Gasteiger partial charge < -0.3 is 14.0 Å². The Kier molecular flexibility index (Phi) is 3.86. The van der Waals surface area contributed by atoms with Gasteiger partial charge in [0, 0.05) is 0 Å². The van der Waals surface area contributed by atoms with E-state index in [1.165, 1.54) is 6.07 Å². The van der Waals surface area contributed by atoms with Crippen molar-refractivity contribution in [1.82, 2.24) is 0 Å². The van der Waals surface area contributed by atoms with Gasteiger partial charge in [0.25, 0.3) is 0 Å². The summed E-state index contributed by atoms with van der Waals surface area (Å²) in [6, 6.07) is 4.76. The molecule has 1 aliphatic rings. The predicted molar refractivity (Wildman–Crippen MR) is 77.9 cm³/mol. The van der Waals surface area contributed by atoms with E-state index in [4.69, 9.17) is 14.0 Å². The maximum absolute atomic E-state index is 14.2. The number of hydrogen-bond donors (Lipinski definition) is 0. The molecule has 0 aromatic heterocycles. The predicted octanol–water partition coefficient (Wildman–Crippen LogP) is 2.91. The first kappa shape index (κ1) is 15.3. The first-order valence-corrected chi connectivity index (χ1v) is 6.95. The topological polar surface area (TPSA) is 27.7 Å². The van der Waals surface area contributed by atoms with E-state index in [1.807, 2.05) is 41.5 Å². The summed E-state index contributed by atoms with van der Waals surface area (Å²) in [5.41, 5.74) is -0.677. The number of benzene rings is 1. The van der Waals surface area contributed by atoms with Crippen molar-refractivity contribution in [2.24, 2.45) is 0 Å². The highest BCUT2D eigenvalue weighted by atomic mass is 19.1. The quantitative estimate of drug-likeness (QED) is 0.797.